The van der Waals surface area contributed by atoms with Gasteiger partial charge in [0.15, 0.2) is 0 Å². The predicted octanol–water partition coefficient (Wildman–Crippen LogP) is 6.23. The summed E-state index contributed by atoms with van der Waals surface area (Å²) in [6.07, 6.45) is 0. The van der Waals surface area contributed by atoms with E-state index in [4.69, 9.17) is 4.74 Å². The highest BCUT2D eigenvalue weighted by molar-refractivity contribution is 9.11. The summed E-state index contributed by atoms with van der Waals surface area (Å²) in [7, 11) is 0. The molecule has 20 heavy (non-hydrogen) atoms. The van der Waals surface area contributed by atoms with Gasteiger partial charge in [-0.25, -0.2) is 4.39 Å². The summed E-state index contributed by atoms with van der Waals surface area (Å²) in [5.41, 5.74) is 1.46. The van der Waals surface area contributed by atoms with E-state index < -0.39 is 0 Å². The highest BCUT2D eigenvalue weighted by atomic mass is 79.9. The molecule has 0 aliphatic carbocycles. The third kappa shape index (κ3) is 3.62. The van der Waals surface area contributed by atoms with Gasteiger partial charge in [-0.1, -0.05) is 47.8 Å². The Morgan fingerprint density at radius 1 is 1.05 bits per heavy atom. The van der Waals surface area contributed by atoms with Gasteiger partial charge in [0.1, 0.15) is 11.6 Å². The summed E-state index contributed by atoms with van der Waals surface area (Å²) in [6.45, 7) is 2.49. The fourth-order valence-electron chi connectivity index (χ4n) is 1.88. The first-order valence-electron chi connectivity index (χ1n) is 6.04. The number of benzene rings is 2. The van der Waals surface area contributed by atoms with Gasteiger partial charge in [0.25, 0.3) is 0 Å². The average Bonchev–Trinajstić information content (AvgIpc) is 2.43. The zero-order valence-electron chi connectivity index (χ0n) is 10.7. The summed E-state index contributed by atoms with van der Waals surface area (Å²) >= 11 is 10.4. The normalized spacial score (nSPS) is 12.2. The maximum absolute atomic E-state index is 14.0. The van der Waals surface area contributed by atoms with Crippen molar-refractivity contribution in [3.8, 4) is 5.75 Å². The molecule has 0 radical (unpaired) electrons. The molecular formula is C15H12Br3FO. The Hall–Kier alpha value is -0.390. The van der Waals surface area contributed by atoms with Gasteiger partial charge in [-0.3, -0.25) is 0 Å². The molecule has 0 bridgehead atoms. The predicted molar refractivity (Wildman–Crippen MR) is 90.2 cm³/mol. The third-order valence-electron chi connectivity index (χ3n) is 2.78. The Morgan fingerprint density at radius 2 is 1.65 bits per heavy atom. The molecule has 0 N–H and O–H groups in total. The largest absolute Gasteiger partial charge is 0.494 e. The molecule has 0 saturated heterocycles. The number of alkyl halides is 1. The average molecular weight is 467 g/mol. The number of hydrogen-bond acceptors (Lipinski definition) is 1. The SMILES string of the molecule is CCOc1ccc(Br)cc1C(Br)c1cc(Br)ccc1F. The molecule has 0 heterocycles. The van der Waals surface area contributed by atoms with Crippen LogP contribution in [0.15, 0.2) is 45.3 Å². The lowest BCUT2D eigenvalue weighted by molar-refractivity contribution is 0.337. The van der Waals surface area contributed by atoms with Crippen LogP contribution in [0, 0.1) is 5.82 Å². The van der Waals surface area contributed by atoms with Crippen LogP contribution in [-0.2, 0) is 0 Å². The van der Waals surface area contributed by atoms with Gasteiger partial charge < -0.3 is 4.74 Å². The van der Waals surface area contributed by atoms with E-state index in [0.29, 0.717) is 12.2 Å². The fourth-order valence-corrected chi connectivity index (χ4v) is 3.35. The first kappa shape index (κ1) is 16.0. The lowest BCUT2D eigenvalue weighted by Crippen LogP contribution is -2.02. The van der Waals surface area contributed by atoms with E-state index >= 15 is 0 Å². The maximum Gasteiger partial charge on any atom is 0.127 e. The van der Waals surface area contributed by atoms with E-state index in [-0.39, 0.29) is 10.6 Å². The molecule has 0 aliphatic rings. The Labute approximate surface area is 142 Å². The molecule has 1 unspecified atom stereocenters. The van der Waals surface area contributed by atoms with E-state index in [1.165, 1.54) is 6.07 Å². The highest BCUT2D eigenvalue weighted by Crippen LogP contribution is 2.39. The standard InChI is InChI=1S/C15H12Br3FO/c1-2-20-14-6-4-10(17)8-12(14)15(18)11-7-9(16)3-5-13(11)19/h3-8,15H,2H2,1H3. The van der Waals surface area contributed by atoms with Crippen LogP contribution in [0.4, 0.5) is 4.39 Å². The van der Waals surface area contributed by atoms with E-state index in [0.717, 1.165) is 20.3 Å². The third-order valence-corrected chi connectivity index (χ3v) is 4.75. The van der Waals surface area contributed by atoms with Crippen molar-refractivity contribution in [3.05, 3.63) is 62.3 Å². The molecule has 2 rings (SSSR count). The molecule has 0 amide bonds. The van der Waals surface area contributed by atoms with Gasteiger partial charge >= 0.3 is 0 Å². The van der Waals surface area contributed by atoms with Gasteiger partial charge in [0.2, 0.25) is 0 Å². The lowest BCUT2D eigenvalue weighted by Gasteiger charge is -2.17. The first-order valence-corrected chi connectivity index (χ1v) is 8.54. The molecule has 2 aromatic rings. The second-order valence-corrected chi connectivity index (χ2v) is 6.89. The number of rotatable bonds is 4. The Bertz CT molecular complexity index is 616. The van der Waals surface area contributed by atoms with Crippen LogP contribution in [0.1, 0.15) is 22.9 Å². The first-order chi connectivity index (χ1) is 9.52. The fraction of sp³-hybridized carbons (Fsp3) is 0.200. The van der Waals surface area contributed by atoms with Crippen LogP contribution in [0.2, 0.25) is 0 Å². The Morgan fingerprint density at radius 3 is 2.30 bits per heavy atom. The van der Waals surface area contributed by atoms with Crippen molar-refractivity contribution in [2.45, 2.75) is 11.8 Å². The molecule has 1 nitrogen and oxygen atoms in total. The van der Waals surface area contributed by atoms with Crippen LogP contribution in [0.3, 0.4) is 0 Å². The maximum atomic E-state index is 14.0. The molecule has 1 atom stereocenters. The van der Waals surface area contributed by atoms with Crippen LogP contribution in [0.5, 0.6) is 5.75 Å². The monoisotopic (exact) mass is 464 g/mol. The molecule has 2 aromatic carbocycles. The second-order valence-electron chi connectivity index (χ2n) is 4.14. The molecule has 0 aliphatic heterocycles. The molecular weight excluding hydrogens is 455 g/mol. The molecule has 0 fully saturated rings. The van der Waals surface area contributed by atoms with E-state index in [1.54, 1.807) is 12.1 Å². The van der Waals surface area contributed by atoms with Gasteiger partial charge in [-0.05, 0) is 43.3 Å². The van der Waals surface area contributed by atoms with Crippen LogP contribution < -0.4 is 4.74 Å². The number of halogens is 4. The summed E-state index contributed by atoms with van der Waals surface area (Å²) in [6, 6.07) is 10.6. The molecule has 0 aromatic heterocycles. The van der Waals surface area contributed by atoms with Crippen molar-refractivity contribution < 1.29 is 9.13 Å². The molecule has 106 valence electrons. The topological polar surface area (TPSA) is 9.23 Å². The van der Waals surface area contributed by atoms with Gasteiger partial charge in [0, 0.05) is 20.1 Å². The zero-order valence-corrected chi connectivity index (χ0v) is 15.4. The minimum Gasteiger partial charge on any atom is -0.494 e. The van der Waals surface area contributed by atoms with Gasteiger partial charge in [-0.2, -0.15) is 0 Å². The summed E-state index contributed by atoms with van der Waals surface area (Å²) in [5.74, 6) is 0.495. The van der Waals surface area contributed by atoms with Crippen molar-refractivity contribution in [1.82, 2.24) is 0 Å². The zero-order chi connectivity index (χ0) is 14.7. The van der Waals surface area contributed by atoms with Gasteiger partial charge in [0.05, 0.1) is 11.4 Å². The van der Waals surface area contributed by atoms with Crippen molar-refractivity contribution >= 4 is 47.8 Å². The van der Waals surface area contributed by atoms with E-state index in [9.17, 15) is 4.39 Å². The van der Waals surface area contributed by atoms with Crippen molar-refractivity contribution in [2.75, 3.05) is 6.61 Å². The Kier molecular flexibility index (Phi) is 5.64. The molecule has 0 saturated carbocycles. The van der Waals surface area contributed by atoms with Crippen molar-refractivity contribution in [2.24, 2.45) is 0 Å². The number of hydrogen-bond donors (Lipinski definition) is 0. The minimum atomic E-state index is -0.279. The summed E-state index contributed by atoms with van der Waals surface area (Å²) < 4.78 is 21.4. The smallest absolute Gasteiger partial charge is 0.127 e. The number of ether oxygens (including phenoxy) is 1. The van der Waals surface area contributed by atoms with Crippen molar-refractivity contribution in [3.63, 3.8) is 0 Å². The second kappa shape index (κ2) is 7.05. The molecule has 5 heteroatoms. The summed E-state index contributed by atoms with van der Waals surface area (Å²) in [4.78, 5) is -0.279. The minimum absolute atomic E-state index is 0.252. The van der Waals surface area contributed by atoms with E-state index in [1.807, 2.05) is 25.1 Å². The van der Waals surface area contributed by atoms with E-state index in [2.05, 4.69) is 47.8 Å². The van der Waals surface area contributed by atoms with Crippen molar-refractivity contribution in [1.29, 1.82) is 0 Å². The highest BCUT2D eigenvalue weighted by Gasteiger charge is 2.19. The Balaban J connectivity index is 2.49. The summed E-state index contributed by atoms with van der Waals surface area (Å²) in [5, 5.41) is 0. The van der Waals surface area contributed by atoms with Crippen LogP contribution in [0.25, 0.3) is 0 Å². The van der Waals surface area contributed by atoms with Crippen LogP contribution >= 0.6 is 47.8 Å². The lowest BCUT2D eigenvalue weighted by atomic mass is 10.0. The quantitative estimate of drug-likeness (QED) is 0.485. The van der Waals surface area contributed by atoms with Crippen LogP contribution in [-0.4, -0.2) is 6.61 Å². The molecule has 0 spiro atoms. The van der Waals surface area contributed by atoms with Gasteiger partial charge in [-0.15, -0.1) is 0 Å².